The Balaban J connectivity index is 2.20. The first-order valence-electron chi connectivity index (χ1n) is 8.23. The van der Waals surface area contributed by atoms with Crippen molar-refractivity contribution in [3.63, 3.8) is 0 Å². The Labute approximate surface area is 134 Å². The van der Waals surface area contributed by atoms with Crippen molar-refractivity contribution in [1.82, 2.24) is 0 Å². The van der Waals surface area contributed by atoms with Crippen LogP contribution in [-0.4, -0.2) is 17.7 Å². The normalized spacial score (nSPS) is 17.4. The molecule has 0 spiro atoms. The van der Waals surface area contributed by atoms with E-state index in [1.165, 1.54) is 37.8 Å². The lowest BCUT2D eigenvalue weighted by atomic mass is 10.1. The molecule has 1 N–H and O–H groups in total. The van der Waals surface area contributed by atoms with Gasteiger partial charge in [-0.05, 0) is 49.8 Å². The van der Waals surface area contributed by atoms with Crippen molar-refractivity contribution in [3.8, 4) is 0 Å². The van der Waals surface area contributed by atoms with Crippen molar-refractivity contribution < 1.29 is 5.11 Å². The summed E-state index contributed by atoms with van der Waals surface area (Å²) in [6.45, 7) is 7.40. The summed E-state index contributed by atoms with van der Waals surface area (Å²) in [5.74, 6) is 0.709. The highest BCUT2D eigenvalue weighted by Crippen LogP contribution is 2.33. The molecule has 1 atom stereocenters. The van der Waals surface area contributed by atoms with E-state index in [0.29, 0.717) is 17.0 Å². The van der Waals surface area contributed by atoms with Crippen molar-refractivity contribution in [2.24, 2.45) is 5.92 Å². The van der Waals surface area contributed by atoms with Crippen molar-refractivity contribution in [2.45, 2.75) is 65.0 Å². The monoisotopic (exact) mass is 309 g/mol. The Morgan fingerprint density at radius 1 is 1.24 bits per heavy atom. The van der Waals surface area contributed by atoms with E-state index in [4.69, 9.17) is 11.6 Å². The number of nitrogens with zero attached hydrogens (tertiary/aromatic N) is 1. The molecule has 3 heteroatoms. The number of halogens is 1. The number of hydrogen-bond acceptors (Lipinski definition) is 2. The standard InChI is InChI=1S/C18H28ClNO/c1-13(2)10-11-20(15-6-4-5-7-15)16-8-9-17(14(3)21)18(19)12-16/h8-9,12-15,21H,4-7,10-11H2,1-3H3. The molecular formula is C18H28ClNO. The van der Waals surface area contributed by atoms with Gasteiger partial charge in [0.05, 0.1) is 6.10 Å². The van der Waals surface area contributed by atoms with Gasteiger partial charge in [0.2, 0.25) is 0 Å². The molecule has 1 aliphatic rings. The summed E-state index contributed by atoms with van der Waals surface area (Å²) in [5, 5.41) is 10.4. The van der Waals surface area contributed by atoms with Crippen LogP contribution in [0, 0.1) is 5.92 Å². The molecule has 118 valence electrons. The lowest BCUT2D eigenvalue weighted by molar-refractivity contribution is 0.199. The zero-order chi connectivity index (χ0) is 15.4. The Morgan fingerprint density at radius 3 is 2.43 bits per heavy atom. The number of aliphatic hydroxyl groups is 1. The molecule has 0 aliphatic heterocycles. The second-order valence-corrected chi connectivity index (χ2v) is 7.10. The van der Waals surface area contributed by atoms with Crippen LogP contribution in [0.3, 0.4) is 0 Å². The van der Waals surface area contributed by atoms with Gasteiger partial charge in [-0.1, -0.05) is 44.4 Å². The van der Waals surface area contributed by atoms with Crippen molar-refractivity contribution >= 4 is 17.3 Å². The van der Waals surface area contributed by atoms with E-state index in [1.807, 2.05) is 12.1 Å². The van der Waals surface area contributed by atoms with Crippen LogP contribution >= 0.6 is 11.6 Å². The Hall–Kier alpha value is -0.730. The maximum atomic E-state index is 9.72. The molecule has 21 heavy (non-hydrogen) atoms. The molecular weight excluding hydrogens is 282 g/mol. The van der Waals surface area contributed by atoms with E-state index in [9.17, 15) is 5.11 Å². The average Bonchev–Trinajstić information content (AvgIpc) is 2.92. The van der Waals surface area contributed by atoms with Crippen molar-refractivity contribution in [2.75, 3.05) is 11.4 Å². The van der Waals surface area contributed by atoms with Gasteiger partial charge in [-0.25, -0.2) is 0 Å². The molecule has 1 unspecified atom stereocenters. The fourth-order valence-electron chi connectivity index (χ4n) is 3.17. The van der Waals surface area contributed by atoms with Gasteiger partial charge < -0.3 is 10.0 Å². The predicted octanol–water partition coefficient (Wildman–Crippen LogP) is 5.19. The molecule has 1 aromatic carbocycles. The second-order valence-electron chi connectivity index (χ2n) is 6.70. The van der Waals surface area contributed by atoms with E-state index in [2.05, 4.69) is 24.8 Å². The third-order valence-corrected chi connectivity index (χ3v) is 4.81. The van der Waals surface area contributed by atoms with Gasteiger partial charge in [0.1, 0.15) is 0 Å². The molecule has 0 bridgehead atoms. The van der Waals surface area contributed by atoms with Gasteiger partial charge in [-0.2, -0.15) is 0 Å². The highest BCUT2D eigenvalue weighted by molar-refractivity contribution is 6.31. The molecule has 0 saturated heterocycles. The molecule has 0 aromatic heterocycles. The summed E-state index contributed by atoms with van der Waals surface area (Å²) < 4.78 is 0. The molecule has 1 aliphatic carbocycles. The van der Waals surface area contributed by atoms with Gasteiger partial charge in [-0.15, -0.1) is 0 Å². The fourth-order valence-corrected chi connectivity index (χ4v) is 3.50. The van der Waals surface area contributed by atoms with Crippen LogP contribution in [0.1, 0.15) is 64.5 Å². The van der Waals surface area contributed by atoms with Gasteiger partial charge in [-0.3, -0.25) is 0 Å². The number of aliphatic hydroxyl groups excluding tert-OH is 1. The molecule has 0 heterocycles. The fraction of sp³-hybridized carbons (Fsp3) is 0.667. The van der Waals surface area contributed by atoms with Crippen LogP contribution in [0.2, 0.25) is 5.02 Å². The first-order valence-corrected chi connectivity index (χ1v) is 8.61. The van der Waals surface area contributed by atoms with Crippen LogP contribution in [-0.2, 0) is 0 Å². The number of anilines is 1. The SMILES string of the molecule is CC(C)CCN(c1ccc(C(C)O)c(Cl)c1)C1CCCC1. The summed E-state index contributed by atoms with van der Waals surface area (Å²) in [7, 11) is 0. The highest BCUT2D eigenvalue weighted by atomic mass is 35.5. The second kappa shape index (κ2) is 7.51. The Kier molecular flexibility index (Phi) is 5.95. The maximum absolute atomic E-state index is 9.72. The highest BCUT2D eigenvalue weighted by Gasteiger charge is 2.23. The lowest BCUT2D eigenvalue weighted by Crippen LogP contribution is -2.34. The van der Waals surface area contributed by atoms with E-state index < -0.39 is 6.10 Å². The van der Waals surface area contributed by atoms with E-state index >= 15 is 0 Å². The van der Waals surface area contributed by atoms with Crippen molar-refractivity contribution in [3.05, 3.63) is 28.8 Å². The Bertz CT molecular complexity index is 453. The van der Waals surface area contributed by atoms with Crippen LogP contribution in [0.4, 0.5) is 5.69 Å². The molecule has 0 amide bonds. The van der Waals surface area contributed by atoms with Crippen LogP contribution in [0.25, 0.3) is 0 Å². The largest absolute Gasteiger partial charge is 0.389 e. The van der Waals surface area contributed by atoms with Gasteiger partial charge in [0, 0.05) is 23.3 Å². The number of rotatable bonds is 6. The summed E-state index contributed by atoms with van der Waals surface area (Å²) in [6.07, 6.45) is 5.93. The quantitative estimate of drug-likeness (QED) is 0.782. The predicted molar refractivity (Wildman–Crippen MR) is 91.1 cm³/mol. The average molecular weight is 310 g/mol. The van der Waals surface area contributed by atoms with Crippen LogP contribution < -0.4 is 4.90 Å². The summed E-state index contributed by atoms with van der Waals surface area (Å²) in [4.78, 5) is 2.53. The first-order chi connectivity index (χ1) is 9.99. The third kappa shape index (κ3) is 4.37. The van der Waals surface area contributed by atoms with Crippen LogP contribution in [0.5, 0.6) is 0 Å². The van der Waals surface area contributed by atoms with Gasteiger partial charge in [0.25, 0.3) is 0 Å². The topological polar surface area (TPSA) is 23.5 Å². The lowest BCUT2D eigenvalue weighted by Gasteiger charge is -2.32. The third-order valence-electron chi connectivity index (χ3n) is 4.48. The minimum Gasteiger partial charge on any atom is -0.389 e. The van der Waals surface area contributed by atoms with E-state index in [0.717, 1.165) is 12.1 Å². The van der Waals surface area contributed by atoms with Gasteiger partial charge >= 0.3 is 0 Å². The number of hydrogen-bond donors (Lipinski definition) is 1. The molecule has 1 saturated carbocycles. The van der Waals surface area contributed by atoms with Crippen molar-refractivity contribution in [1.29, 1.82) is 0 Å². The smallest absolute Gasteiger partial charge is 0.0776 e. The number of benzene rings is 1. The maximum Gasteiger partial charge on any atom is 0.0776 e. The van der Waals surface area contributed by atoms with Crippen LogP contribution in [0.15, 0.2) is 18.2 Å². The zero-order valence-electron chi connectivity index (χ0n) is 13.5. The minimum atomic E-state index is -0.512. The molecule has 2 nitrogen and oxygen atoms in total. The summed E-state index contributed by atoms with van der Waals surface area (Å²) in [5.41, 5.74) is 2.02. The van der Waals surface area contributed by atoms with E-state index in [1.54, 1.807) is 6.92 Å². The minimum absolute atomic E-state index is 0.512. The van der Waals surface area contributed by atoms with Gasteiger partial charge in [0.15, 0.2) is 0 Å². The molecule has 1 aromatic rings. The zero-order valence-corrected chi connectivity index (χ0v) is 14.2. The van der Waals surface area contributed by atoms with E-state index in [-0.39, 0.29) is 0 Å². The summed E-state index contributed by atoms with van der Waals surface area (Å²) >= 11 is 6.35. The first kappa shape index (κ1) is 16.6. The molecule has 0 radical (unpaired) electrons. The summed E-state index contributed by atoms with van der Waals surface area (Å²) in [6, 6.07) is 6.77. The molecule has 2 rings (SSSR count). The molecule has 1 fully saturated rings. The Morgan fingerprint density at radius 2 is 1.90 bits per heavy atom.